The molecule has 0 spiro atoms. The van der Waals surface area contributed by atoms with Crippen LogP contribution in [0.15, 0.2) is 30.5 Å². The summed E-state index contributed by atoms with van der Waals surface area (Å²) in [4.78, 5) is 25.5. The highest BCUT2D eigenvalue weighted by Crippen LogP contribution is 2.32. The van der Waals surface area contributed by atoms with E-state index in [1.807, 2.05) is 0 Å². The van der Waals surface area contributed by atoms with Gasteiger partial charge < -0.3 is 15.3 Å². The largest absolute Gasteiger partial charge is 0.481 e. The lowest BCUT2D eigenvalue weighted by Gasteiger charge is -2.36. The summed E-state index contributed by atoms with van der Waals surface area (Å²) in [6.45, 7) is 0.654. The number of nitrogens with zero attached hydrogens (tertiary/aromatic N) is 4. The maximum Gasteiger partial charge on any atom is 0.310 e. The number of carbonyl (C=O) groups is 2. The van der Waals surface area contributed by atoms with E-state index in [4.69, 9.17) is 5.11 Å². The van der Waals surface area contributed by atoms with Gasteiger partial charge in [0.05, 0.1) is 28.5 Å². The summed E-state index contributed by atoms with van der Waals surface area (Å²) in [5.41, 5.74) is 0.548. The van der Waals surface area contributed by atoms with Crippen LogP contribution in [0, 0.1) is 17.6 Å². The lowest BCUT2D eigenvalue weighted by molar-refractivity contribution is -0.142. The third-order valence-electron chi connectivity index (χ3n) is 5.50. The summed E-state index contributed by atoms with van der Waals surface area (Å²) in [5, 5.41) is 23.3. The van der Waals surface area contributed by atoms with E-state index in [0.717, 1.165) is 6.07 Å². The SMILES string of the molecule is Cn1ncc2c(F)c(C(=O)Nc3ccc4[nH]nc(N5CC(C(=O)O)C5)c4c3)c(F)cc21. The Balaban J connectivity index is 1.44. The molecule has 1 fully saturated rings. The van der Waals surface area contributed by atoms with Crippen LogP contribution in [0.2, 0.25) is 0 Å². The van der Waals surface area contributed by atoms with Crippen LogP contribution < -0.4 is 10.2 Å². The molecule has 3 N–H and O–H groups in total. The molecule has 31 heavy (non-hydrogen) atoms. The van der Waals surface area contributed by atoms with Crippen molar-refractivity contribution in [2.75, 3.05) is 23.3 Å². The zero-order chi connectivity index (χ0) is 21.9. The highest BCUT2D eigenvalue weighted by atomic mass is 19.1. The van der Waals surface area contributed by atoms with Crippen molar-refractivity contribution >= 4 is 45.2 Å². The number of halogens is 2. The van der Waals surface area contributed by atoms with E-state index in [0.29, 0.717) is 35.5 Å². The smallest absolute Gasteiger partial charge is 0.310 e. The first kappa shape index (κ1) is 19.0. The van der Waals surface area contributed by atoms with Crippen LogP contribution in [0.5, 0.6) is 0 Å². The lowest BCUT2D eigenvalue weighted by atomic mass is 10.0. The molecule has 1 saturated heterocycles. The Hall–Kier alpha value is -4.02. The van der Waals surface area contributed by atoms with Gasteiger partial charge in [-0.25, -0.2) is 8.78 Å². The average Bonchev–Trinajstić information content (AvgIpc) is 3.24. The number of aliphatic carboxylic acids is 1. The number of H-pyrrole nitrogens is 1. The minimum absolute atomic E-state index is 0.0485. The summed E-state index contributed by atoms with van der Waals surface area (Å²) < 4.78 is 30.6. The van der Waals surface area contributed by atoms with Gasteiger partial charge in [-0.15, -0.1) is 0 Å². The Morgan fingerprint density at radius 1 is 1.23 bits per heavy atom. The van der Waals surface area contributed by atoms with Gasteiger partial charge in [-0.1, -0.05) is 0 Å². The lowest BCUT2D eigenvalue weighted by Crippen LogP contribution is -2.50. The van der Waals surface area contributed by atoms with Crippen molar-refractivity contribution in [3.63, 3.8) is 0 Å². The van der Waals surface area contributed by atoms with Crippen LogP contribution in [-0.2, 0) is 11.8 Å². The maximum absolute atomic E-state index is 14.8. The van der Waals surface area contributed by atoms with E-state index in [2.05, 4.69) is 20.6 Å². The number of carbonyl (C=O) groups excluding carboxylic acids is 1. The van der Waals surface area contributed by atoms with Crippen molar-refractivity contribution in [1.29, 1.82) is 0 Å². The van der Waals surface area contributed by atoms with Crippen molar-refractivity contribution in [2.24, 2.45) is 13.0 Å². The van der Waals surface area contributed by atoms with Crippen molar-refractivity contribution in [3.05, 3.63) is 47.7 Å². The van der Waals surface area contributed by atoms with Gasteiger partial charge in [0.1, 0.15) is 17.2 Å². The molecule has 0 atom stereocenters. The number of hydrogen-bond donors (Lipinski definition) is 3. The molecular weight excluding hydrogens is 410 g/mol. The number of aromatic nitrogens is 4. The van der Waals surface area contributed by atoms with E-state index in [-0.39, 0.29) is 10.9 Å². The number of nitrogens with one attached hydrogen (secondary N) is 2. The highest BCUT2D eigenvalue weighted by Gasteiger charge is 2.34. The molecule has 0 unspecified atom stereocenters. The number of fused-ring (bicyclic) bond motifs is 2. The normalized spacial score (nSPS) is 14.2. The molecule has 0 radical (unpaired) electrons. The Kier molecular flexibility index (Phi) is 4.14. The van der Waals surface area contributed by atoms with Gasteiger partial charge in [0.2, 0.25) is 0 Å². The van der Waals surface area contributed by atoms with Crippen LogP contribution in [0.25, 0.3) is 21.8 Å². The molecule has 1 aliphatic rings. The molecule has 1 aliphatic heterocycles. The van der Waals surface area contributed by atoms with E-state index in [9.17, 15) is 18.4 Å². The van der Waals surface area contributed by atoms with Gasteiger partial charge in [-0.05, 0) is 18.2 Å². The summed E-state index contributed by atoms with van der Waals surface area (Å²) in [6, 6.07) is 5.95. The zero-order valence-electron chi connectivity index (χ0n) is 16.2. The molecule has 2 aromatic carbocycles. The second kappa shape index (κ2) is 6.76. The second-order valence-corrected chi connectivity index (χ2v) is 7.45. The number of hydrogen-bond acceptors (Lipinski definition) is 5. The second-order valence-electron chi connectivity index (χ2n) is 7.45. The topological polar surface area (TPSA) is 116 Å². The van der Waals surface area contributed by atoms with Gasteiger partial charge in [0.15, 0.2) is 5.82 Å². The highest BCUT2D eigenvalue weighted by molar-refractivity contribution is 6.08. The predicted octanol–water partition coefficient (Wildman–Crippen LogP) is 2.50. The van der Waals surface area contributed by atoms with Crippen LogP contribution in [0.3, 0.4) is 0 Å². The van der Waals surface area contributed by atoms with E-state index in [1.165, 1.54) is 10.9 Å². The number of carboxylic acid groups (broad SMARTS) is 1. The first-order chi connectivity index (χ1) is 14.8. The maximum atomic E-state index is 14.8. The molecular formula is C20H16F2N6O3. The number of amides is 1. The standard InChI is InChI=1S/C20H16F2N6O3/c1-27-15-5-13(21)16(17(22)12(15)6-23-27)19(29)24-10-2-3-14-11(4-10)18(26-25-14)28-7-9(8-28)20(30)31/h2-6,9H,7-8H2,1H3,(H,24,29)(H,25,26)(H,30,31). The summed E-state index contributed by atoms with van der Waals surface area (Å²) in [7, 11) is 1.55. The Morgan fingerprint density at radius 3 is 2.74 bits per heavy atom. The van der Waals surface area contributed by atoms with Gasteiger partial charge >= 0.3 is 5.97 Å². The van der Waals surface area contributed by atoms with Crippen LogP contribution in [0.4, 0.5) is 20.3 Å². The summed E-state index contributed by atoms with van der Waals surface area (Å²) >= 11 is 0. The van der Waals surface area contributed by atoms with Crippen molar-refractivity contribution in [2.45, 2.75) is 0 Å². The molecule has 0 aliphatic carbocycles. The minimum Gasteiger partial charge on any atom is -0.481 e. The molecule has 2 aromatic heterocycles. The Morgan fingerprint density at radius 2 is 2.00 bits per heavy atom. The molecule has 11 heteroatoms. The van der Waals surface area contributed by atoms with Gasteiger partial charge in [0, 0.05) is 37.3 Å². The van der Waals surface area contributed by atoms with Crippen molar-refractivity contribution in [1.82, 2.24) is 20.0 Å². The first-order valence-electron chi connectivity index (χ1n) is 9.40. The first-order valence-corrected chi connectivity index (χ1v) is 9.40. The van der Waals surface area contributed by atoms with E-state index >= 15 is 0 Å². The van der Waals surface area contributed by atoms with Gasteiger partial charge in [-0.2, -0.15) is 10.2 Å². The quantitative estimate of drug-likeness (QED) is 0.462. The number of anilines is 2. The van der Waals surface area contributed by atoms with Crippen molar-refractivity contribution < 1.29 is 23.5 Å². The molecule has 9 nitrogen and oxygen atoms in total. The molecule has 0 saturated carbocycles. The van der Waals surface area contributed by atoms with E-state index < -0.39 is 35.0 Å². The van der Waals surface area contributed by atoms with Crippen LogP contribution in [-0.4, -0.2) is 50.1 Å². The third-order valence-corrected chi connectivity index (χ3v) is 5.50. The fourth-order valence-corrected chi connectivity index (χ4v) is 3.75. The predicted molar refractivity (Wildman–Crippen MR) is 108 cm³/mol. The van der Waals surface area contributed by atoms with Gasteiger partial charge in [0.25, 0.3) is 5.91 Å². The number of benzene rings is 2. The zero-order valence-corrected chi connectivity index (χ0v) is 16.2. The number of carboxylic acids is 1. The van der Waals surface area contributed by atoms with E-state index in [1.54, 1.807) is 30.1 Å². The Bertz CT molecular complexity index is 1370. The van der Waals surface area contributed by atoms with Crippen molar-refractivity contribution in [3.8, 4) is 0 Å². The minimum atomic E-state index is -0.989. The third kappa shape index (κ3) is 2.97. The molecule has 5 rings (SSSR count). The number of aromatic amines is 1. The van der Waals surface area contributed by atoms with Crippen LogP contribution in [0.1, 0.15) is 10.4 Å². The fraction of sp³-hybridized carbons (Fsp3) is 0.200. The summed E-state index contributed by atoms with van der Waals surface area (Å²) in [5.74, 6) is -3.66. The Labute approximate surface area is 173 Å². The molecule has 4 aromatic rings. The molecule has 0 bridgehead atoms. The average molecular weight is 426 g/mol. The molecule has 1 amide bonds. The number of rotatable bonds is 4. The fourth-order valence-electron chi connectivity index (χ4n) is 3.75. The number of aryl methyl sites for hydroxylation is 1. The van der Waals surface area contributed by atoms with Gasteiger partial charge in [-0.3, -0.25) is 19.4 Å². The monoisotopic (exact) mass is 426 g/mol. The molecule has 3 heterocycles. The van der Waals surface area contributed by atoms with Crippen LogP contribution >= 0.6 is 0 Å². The summed E-state index contributed by atoms with van der Waals surface area (Å²) in [6.07, 6.45) is 1.24. The molecule has 158 valence electrons.